The first-order valence-corrected chi connectivity index (χ1v) is 6.20. The summed E-state index contributed by atoms with van der Waals surface area (Å²) in [7, 11) is 3.29. The minimum atomic E-state index is -0.830. The third-order valence-corrected chi connectivity index (χ3v) is 3.02. The number of carbonyl (C=O) groups is 2. The first-order chi connectivity index (χ1) is 9.47. The molecule has 0 spiro atoms. The fourth-order valence-electron chi connectivity index (χ4n) is 1.93. The van der Waals surface area contributed by atoms with Gasteiger partial charge in [0.25, 0.3) is 5.91 Å². The van der Waals surface area contributed by atoms with Crippen molar-refractivity contribution in [2.45, 2.75) is 12.5 Å². The summed E-state index contributed by atoms with van der Waals surface area (Å²) in [5.74, 6) is -0.990. The van der Waals surface area contributed by atoms with Gasteiger partial charge in [0.2, 0.25) is 0 Å². The van der Waals surface area contributed by atoms with Crippen molar-refractivity contribution in [3.63, 3.8) is 0 Å². The maximum absolute atomic E-state index is 11.6. The molecular weight excluding hydrogens is 260 g/mol. The third-order valence-electron chi connectivity index (χ3n) is 3.02. The SMILES string of the molecule is CN(C)C(=O)c1ccc(NC2C=CC(C(=O)O)C2)nn1. The van der Waals surface area contributed by atoms with Gasteiger partial charge in [-0.1, -0.05) is 12.2 Å². The van der Waals surface area contributed by atoms with Crippen molar-refractivity contribution in [2.75, 3.05) is 19.4 Å². The Hall–Kier alpha value is -2.44. The molecule has 2 N–H and O–H groups in total. The van der Waals surface area contributed by atoms with Crippen molar-refractivity contribution in [1.29, 1.82) is 0 Å². The molecule has 106 valence electrons. The highest BCUT2D eigenvalue weighted by atomic mass is 16.4. The monoisotopic (exact) mass is 276 g/mol. The molecular formula is C13H16N4O3. The van der Waals surface area contributed by atoms with Gasteiger partial charge in [0.05, 0.1) is 5.92 Å². The molecule has 0 saturated carbocycles. The van der Waals surface area contributed by atoms with Crippen molar-refractivity contribution in [2.24, 2.45) is 5.92 Å². The predicted molar refractivity (Wildman–Crippen MR) is 72.3 cm³/mol. The molecule has 2 unspecified atom stereocenters. The quantitative estimate of drug-likeness (QED) is 0.783. The van der Waals surface area contributed by atoms with E-state index in [0.29, 0.717) is 12.2 Å². The van der Waals surface area contributed by atoms with E-state index in [2.05, 4.69) is 15.5 Å². The summed E-state index contributed by atoms with van der Waals surface area (Å²) in [6.07, 6.45) is 3.95. The van der Waals surface area contributed by atoms with E-state index in [1.54, 1.807) is 38.4 Å². The Bertz CT molecular complexity index is 539. The molecule has 0 aliphatic heterocycles. The van der Waals surface area contributed by atoms with E-state index in [1.165, 1.54) is 4.90 Å². The number of hydrogen-bond acceptors (Lipinski definition) is 5. The van der Waals surface area contributed by atoms with Crippen LogP contribution in [0.4, 0.5) is 5.82 Å². The number of anilines is 1. The van der Waals surface area contributed by atoms with E-state index in [4.69, 9.17) is 5.11 Å². The molecule has 2 atom stereocenters. The molecule has 1 aliphatic rings. The summed E-state index contributed by atoms with van der Waals surface area (Å²) in [5, 5.41) is 19.7. The van der Waals surface area contributed by atoms with Crippen LogP contribution in [0.25, 0.3) is 0 Å². The van der Waals surface area contributed by atoms with Crippen molar-refractivity contribution in [1.82, 2.24) is 15.1 Å². The third kappa shape index (κ3) is 3.11. The Morgan fingerprint density at radius 2 is 2.05 bits per heavy atom. The summed E-state index contributed by atoms with van der Waals surface area (Å²) in [6, 6.07) is 3.16. The van der Waals surface area contributed by atoms with Crippen LogP contribution in [0, 0.1) is 5.92 Å². The molecule has 7 heteroatoms. The summed E-state index contributed by atoms with van der Waals surface area (Å²) in [5.41, 5.74) is 0.269. The van der Waals surface area contributed by atoms with Gasteiger partial charge < -0.3 is 15.3 Å². The highest BCUT2D eigenvalue weighted by Gasteiger charge is 2.24. The molecule has 7 nitrogen and oxygen atoms in total. The average Bonchev–Trinajstić information content (AvgIpc) is 2.87. The van der Waals surface area contributed by atoms with Gasteiger partial charge in [-0.15, -0.1) is 10.2 Å². The van der Waals surface area contributed by atoms with Crippen LogP contribution in [0.1, 0.15) is 16.9 Å². The average molecular weight is 276 g/mol. The molecule has 0 saturated heterocycles. The lowest BCUT2D eigenvalue weighted by atomic mass is 10.1. The number of carboxylic acid groups (broad SMARTS) is 1. The molecule has 2 rings (SSSR count). The second-order valence-electron chi connectivity index (χ2n) is 4.82. The van der Waals surface area contributed by atoms with Crippen LogP contribution in [-0.2, 0) is 4.79 Å². The number of aromatic nitrogens is 2. The minimum absolute atomic E-state index is 0.0826. The first-order valence-electron chi connectivity index (χ1n) is 6.20. The smallest absolute Gasteiger partial charge is 0.310 e. The Balaban J connectivity index is 1.97. The Morgan fingerprint density at radius 3 is 2.55 bits per heavy atom. The van der Waals surface area contributed by atoms with Gasteiger partial charge >= 0.3 is 5.97 Å². The van der Waals surface area contributed by atoms with Crippen LogP contribution in [0.15, 0.2) is 24.3 Å². The number of nitrogens with zero attached hydrogens (tertiary/aromatic N) is 3. The van der Waals surface area contributed by atoms with Gasteiger partial charge in [-0.2, -0.15) is 0 Å². The standard InChI is InChI=1S/C13H16N4O3/c1-17(2)12(18)10-5-6-11(16-15-10)14-9-4-3-8(7-9)13(19)20/h3-6,8-9H,7H2,1-2H3,(H,14,16)(H,19,20). The van der Waals surface area contributed by atoms with Gasteiger partial charge in [0.15, 0.2) is 5.69 Å². The Kier molecular flexibility index (Phi) is 3.97. The summed E-state index contributed by atoms with van der Waals surface area (Å²) < 4.78 is 0. The number of carboxylic acids is 1. The lowest BCUT2D eigenvalue weighted by Gasteiger charge is -2.13. The summed E-state index contributed by atoms with van der Waals surface area (Å²) in [4.78, 5) is 23.9. The van der Waals surface area contributed by atoms with Gasteiger partial charge in [-0.25, -0.2) is 0 Å². The fraction of sp³-hybridized carbons (Fsp3) is 0.385. The lowest BCUT2D eigenvalue weighted by molar-refractivity contribution is -0.140. The number of aliphatic carboxylic acids is 1. The molecule has 1 amide bonds. The lowest BCUT2D eigenvalue weighted by Crippen LogP contribution is -2.24. The van der Waals surface area contributed by atoms with Gasteiger partial charge in [0, 0.05) is 20.1 Å². The molecule has 0 bridgehead atoms. The fourth-order valence-corrected chi connectivity index (χ4v) is 1.93. The molecule has 1 aromatic rings. The van der Waals surface area contributed by atoms with E-state index in [-0.39, 0.29) is 17.6 Å². The zero-order valence-electron chi connectivity index (χ0n) is 11.3. The summed E-state index contributed by atoms with van der Waals surface area (Å²) in [6.45, 7) is 0. The zero-order valence-corrected chi connectivity index (χ0v) is 11.3. The summed E-state index contributed by atoms with van der Waals surface area (Å²) >= 11 is 0. The maximum atomic E-state index is 11.6. The van der Waals surface area contributed by atoms with E-state index in [9.17, 15) is 9.59 Å². The highest BCUT2D eigenvalue weighted by molar-refractivity contribution is 5.91. The van der Waals surface area contributed by atoms with Gasteiger partial charge in [-0.3, -0.25) is 9.59 Å². The van der Waals surface area contributed by atoms with Crippen molar-refractivity contribution in [3.8, 4) is 0 Å². The Morgan fingerprint density at radius 1 is 1.30 bits per heavy atom. The largest absolute Gasteiger partial charge is 0.481 e. The van der Waals surface area contributed by atoms with E-state index in [1.807, 2.05) is 0 Å². The molecule has 1 aromatic heterocycles. The first kappa shape index (κ1) is 14.0. The maximum Gasteiger partial charge on any atom is 0.310 e. The number of amides is 1. The highest BCUT2D eigenvalue weighted by Crippen LogP contribution is 2.20. The predicted octanol–water partition coefficient (Wildman–Crippen LogP) is 0.620. The van der Waals surface area contributed by atoms with Crippen LogP contribution >= 0.6 is 0 Å². The minimum Gasteiger partial charge on any atom is -0.481 e. The Labute approximate surface area is 116 Å². The molecule has 1 heterocycles. The normalized spacial score (nSPS) is 20.7. The molecule has 20 heavy (non-hydrogen) atoms. The van der Waals surface area contributed by atoms with Crippen LogP contribution < -0.4 is 5.32 Å². The number of nitrogens with one attached hydrogen (secondary N) is 1. The van der Waals surface area contributed by atoms with E-state index < -0.39 is 11.9 Å². The van der Waals surface area contributed by atoms with Crippen molar-refractivity contribution < 1.29 is 14.7 Å². The van der Waals surface area contributed by atoms with E-state index in [0.717, 1.165) is 0 Å². The van der Waals surface area contributed by atoms with Gasteiger partial charge in [0.1, 0.15) is 5.82 Å². The molecule has 0 radical (unpaired) electrons. The van der Waals surface area contributed by atoms with E-state index >= 15 is 0 Å². The topological polar surface area (TPSA) is 95.4 Å². The molecule has 0 fully saturated rings. The van der Waals surface area contributed by atoms with Crippen LogP contribution in [-0.4, -0.2) is 52.2 Å². The number of hydrogen-bond donors (Lipinski definition) is 2. The second-order valence-corrected chi connectivity index (χ2v) is 4.82. The zero-order chi connectivity index (χ0) is 14.7. The molecule has 1 aliphatic carbocycles. The number of carbonyl (C=O) groups excluding carboxylic acids is 1. The molecule has 0 aromatic carbocycles. The number of rotatable bonds is 4. The van der Waals surface area contributed by atoms with Gasteiger partial charge in [-0.05, 0) is 18.6 Å². The van der Waals surface area contributed by atoms with Crippen molar-refractivity contribution in [3.05, 3.63) is 30.0 Å². The van der Waals surface area contributed by atoms with Crippen LogP contribution in [0.3, 0.4) is 0 Å². The van der Waals surface area contributed by atoms with Crippen LogP contribution in [0.5, 0.6) is 0 Å². The van der Waals surface area contributed by atoms with Crippen molar-refractivity contribution >= 4 is 17.7 Å². The van der Waals surface area contributed by atoms with Crippen LogP contribution in [0.2, 0.25) is 0 Å². The second kappa shape index (κ2) is 5.68.